The smallest absolute Gasteiger partial charge is 0.180 e. The monoisotopic (exact) mass is 569 g/mol. The third kappa shape index (κ3) is 5.60. The van der Waals surface area contributed by atoms with Gasteiger partial charge >= 0.3 is 0 Å². The summed E-state index contributed by atoms with van der Waals surface area (Å²) in [5, 5.41) is 0.998. The molecule has 0 unspecified atom stereocenters. The van der Waals surface area contributed by atoms with E-state index >= 15 is 0 Å². The van der Waals surface area contributed by atoms with Gasteiger partial charge in [0.25, 0.3) is 0 Å². The van der Waals surface area contributed by atoms with Gasteiger partial charge in [0.2, 0.25) is 0 Å². The maximum atomic E-state index is 13.5. The van der Waals surface area contributed by atoms with Crippen molar-refractivity contribution in [2.24, 2.45) is 0 Å². The molecule has 0 spiro atoms. The van der Waals surface area contributed by atoms with E-state index in [1.165, 1.54) is 0 Å². The van der Waals surface area contributed by atoms with Gasteiger partial charge in [-0.15, -0.1) is 0 Å². The number of halogens is 2. The lowest BCUT2D eigenvalue weighted by Crippen LogP contribution is -2.40. The fourth-order valence-electron chi connectivity index (χ4n) is 5.94. The molecule has 39 heavy (non-hydrogen) atoms. The van der Waals surface area contributed by atoms with Gasteiger partial charge < -0.3 is 19.1 Å². The number of allylic oxidation sites excluding steroid dienone is 4. The standard InChI is InChI=1S/C31H33Cl2NO5/c1-3-38-27-17-20(16-22(33)31(27)39-18-19-7-4-8-21(32)15-19)28-29-23(9-5-11-25(29)35)34(13-14-37-2)24-10-6-12-26(36)30(24)28/h4,7-8,15-17,28H,3,5-6,9-14,18H2,1-2H3. The Labute approximate surface area is 239 Å². The van der Waals surface area contributed by atoms with Crippen LogP contribution in [-0.4, -0.2) is 43.3 Å². The molecule has 206 valence electrons. The van der Waals surface area contributed by atoms with Crippen molar-refractivity contribution in [3.63, 3.8) is 0 Å². The molecule has 2 aromatic carbocycles. The molecule has 2 aliphatic carbocycles. The van der Waals surface area contributed by atoms with Crippen LogP contribution in [0.25, 0.3) is 0 Å². The number of carbonyl (C=O) groups is 2. The van der Waals surface area contributed by atoms with E-state index in [9.17, 15) is 9.59 Å². The number of benzene rings is 2. The first kappa shape index (κ1) is 27.8. The highest BCUT2D eigenvalue weighted by molar-refractivity contribution is 6.32. The van der Waals surface area contributed by atoms with Crippen molar-refractivity contribution in [2.75, 3.05) is 26.9 Å². The van der Waals surface area contributed by atoms with Gasteiger partial charge in [-0.25, -0.2) is 0 Å². The van der Waals surface area contributed by atoms with E-state index in [-0.39, 0.29) is 18.2 Å². The number of hydrogen-bond acceptors (Lipinski definition) is 6. The highest BCUT2D eigenvalue weighted by Gasteiger charge is 2.43. The van der Waals surface area contributed by atoms with E-state index in [0.717, 1.165) is 48.2 Å². The first-order valence-electron chi connectivity index (χ1n) is 13.5. The summed E-state index contributed by atoms with van der Waals surface area (Å²) in [7, 11) is 1.67. The summed E-state index contributed by atoms with van der Waals surface area (Å²) in [6.45, 7) is 3.69. The zero-order valence-corrected chi connectivity index (χ0v) is 23.9. The number of carbonyl (C=O) groups excluding carboxylic acids is 2. The molecule has 3 aliphatic rings. The van der Waals surface area contributed by atoms with Gasteiger partial charge in [0.05, 0.1) is 18.2 Å². The minimum absolute atomic E-state index is 0.0870. The molecule has 1 heterocycles. The Morgan fingerprint density at radius 3 is 2.23 bits per heavy atom. The number of Topliss-reactive ketones (excluding diaryl/α,β-unsaturated/α-hetero) is 2. The van der Waals surface area contributed by atoms with Crippen LogP contribution in [0.2, 0.25) is 10.0 Å². The van der Waals surface area contributed by atoms with Crippen molar-refractivity contribution < 1.29 is 23.8 Å². The SMILES string of the molecule is CCOc1cc(C2C3=C(CCCC3=O)N(CCOC)C3=C2C(=O)CCC3)cc(Cl)c1OCc1cccc(Cl)c1. The third-order valence-electron chi connectivity index (χ3n) is 7.54. The summed E-state index contributed by atoms with van der Waals surface area (Å²) in [6.07, 6.45) is 4.11. The second-order valence-corrected chi connectivity index (χ2v) is 10.9. The van der Waals surface area contributed by atoms with Crippen LogP contribution in [0.3, 0.4) is 0 Å². The molecular formula is C31H33Cl2NO5. The number of ether oxygens (including phenoxy) is 3. The van der Waals surface area contributed by atoms with Crippen LogP contribution in [0.1, 0.15) is 62.5 Å². The largest absolute Gasteiger partial charge is 0.490 e. The Bertz CT molecular complexity index is 1300. The van der Waals surface area contributed by atoms with Crippen molar-refractivity contribution in [1.82, 2.24) is 4.90 Å². The van der Waals surface area contributed by atoms with Crippen LogP contribution in [0.15, 0.2) is 58.9 Å². The number of nitrogens with zero attached hydrogens (tertiary/aromatic N) is 1. The molecule has 0 fully saturated rings. The lowest BCUT2D eigenvalue weighted by Gasteiger charge is -2.44. The lowest BCUT2D eigenvalue weighted by molar-refractivity contribution is -0.117. The van der Waals surface area contributed by atoms with E-state index in [4.69, 9.17) is 37.4 Å². The van der Waals surface area contributed by atoms with Gasteiger partial charge in [0, 0.05) is 60.0 Å². The van der Waals surface area contributed by atoms with Crippen molar-refractivity contribution in [3.05, 3.63) is 80.1 Å². The summed E-state index contributed by atoms with van der Waals surface area (Å²) < 4.78 is 17.5. The second kappa shape index (κ2) is 12.2. The van der Waals surface area contributed by atoms with Gasteiger partial charge in [0.15, 0.2) is 23.1 Å². The molecule has 5 rings (SSSR count). The van der Waals surface area contributed by atoms with E-state index < -0.39 is 5.92 Å². The maximum Gasteiger partial charge on any atom is 0.180 e. The molecule has 0 radical (unpaired) electrons. The topological polar surface area (TPSA) is 65.1 Å². The summed E-state index contributed by atoms with van der Waals surface area (Å²) in [5.41, 5.74) is 5.11. The zero-order chi connectivity index (χ0) is 27.5. The molecule has 2 aromatic rings. The fourth-order valence-corrected chi connectivity index (χ4v) is 6.43. The predicted molar refractivity (Wildman–Crippen MR) is 151 cm³/mol. The Kier molecular flexibility index (Phi) is 8.65. The van der Waals surface area contributed by atoms with Gasteiger partial charge in [-0.3, -0.25) is 9.59 Å². The number of methoxy groups -OCH3 is 1. The molecule has 0 atom stereocenters. The molecule has 0 saturated carbocycles. The van der Waals surface area contributed by atoms with E-state index in [2.05, 4.69) is 4.90 Å². The molecule has 0 amide bonds. The molecule has 8 heteroatoms. The number of rotatable bonds is 9. The summed E-state index contributed by atoms with van der Waals surface area (Å²) in [5.74, 6) is 0.605. The number of ketones is 2. The average Bonchev–Trinajstić information content (AvgIpc) is 2.91. The Balaban J connectivity index is 1.60. The molecular weight excluding hydrogens is 537 g/mol. The van der Waals surface area contributed by atoms with Crippen LogP contribution >= 0.6 is 23.2 Å². The van der Waals surface area contributed by atoms with E-state index in [1.807, 2.05) is 43.3 Å². The summed E-state index contributed by atoms with van der Waals surface area (Å²) >= 11 is 13.0. The van der Waals surface area contributed by atoms with Gasteiger partial charge in [-0.2, -0.15) is 0 Å². The molecule has 0 aromatic heterocycles. The number of hydrogen-bond donors (Lipinski definition) is 0. The Hall–Kier alpha value is -2.80. The summed E-state index contributed by atoms with van der Waals surface area (Å²) in [4.78, 5) is 29.2. The Morgan fingerprint density at radius 2 is 1.62 bits per heavy atom. The van der Waals surface area contributed by atoms with Crippen molar-refractivity contribution >= 4 is 34.8 Å². The zero-order valence-electron chi connectivity index (χ0n) is 22.4. The van der Waals surface area contributed by atoms with E-state index in [1.54, 1.807) is 7.11 Å². The summed E-state index contributed by atoms with van der Waals surface area (Å²) in [6, 6.07) is 11.2. The third-order valence-corrected chi connectivity index (χ3v) is 8.06. The fraction of sp³-hybridized carbons (Fsp3) is 0.419. The van der Waals surface area contributed by atoms with Crippen LogP contribution < -0.4 is 9.47 Å². The molecule has 0 N–H and O–H groups in total. The lowest BCUT2D eigenvalue weighted by atomic mass is 9.71. The normalized spacial score (nSPS) is 17.9. The van der Waals surface area contributed by atoms with Crippen LogP contribution in [-0.2, 0) is 20.9 Å². The van der Waals surface area contributed by atoms with E-state index in [0.29, 0.717) is 65.3 Å². The van der Waals surface area contributed by atoms with Gasteiger partial charge in [-0.1, -0.05) is 35.3 Å². The second-order valence-electron chi connectivity index (χ2n) is 10.0. The first-order chi connectivity index (χ1) is 18.9. The molecule has 1 aliphatic heterocycles. The van der Waals surface area contributed by atoms with Crippen molar-refractivity contribution in [2.45, 2.75) is 58.0 Å². The van der Waals surface area contributed by atoms with Crippen LogP contribution in [0, 0.1) is 0 Å². The highest BCUT2D eigenvalue weighted by atomic mass is 35.5. The van der Waals surface area contributed by atoms with Crippen molar-refractivity contribution in [1.29, 1.82) is 0 Å². The predicted octanol–water partition coefficient (Wildman–Crippen LogP) is 7.03. The highest BCUT2D eigenvalue weighted by Crippen LogP contribution is 2.51. The minimum Gasteiger partial charge on any atom is -0.490 e. The van der Waals surface area contributed by atoms with Gasteiger partial charge in [0.1, 0.15) is 6.61 Å². The first-order valence-corrected chi connectivity index (χ1v) is 14.3. The Morgan fingerprint density at radius 1 is 0.923 bits per heavy atom. The molecule has 0 bridgehead atoms. The maximum absolute atomic E-state index is 13.5. The average molecular weight is 571 g/mol. The molecule has 0 saturated heterocycles. The van der Waals surface area contributed by atoms with Gasteiger partial charge in [-0.05, 0) is 68.0 Å². The van der Waals surface area contributed by atoms with Crippen LogP contribution in [0.4, 0.5) is 0 Å². The van der Waals surface area contributed by atoms with Crippen LogP contribution in [0.5, 0.6) is 11.5 Å². The van der Waals surface area contributed by atoms with Crippen molar-refractivity contribution in [3.8, 4) is 11.5 Å². The molecule has 6 nitrogen and oxygen atoms in total. The quantitative estimate of drug-likeness (QED) is 0.323. The minimum atomic E-state index is -0.479.